The summed E-state index contributed by atoms with van der Waals surface area (Å²) in [5, 5.41) is 0. The Balaban J connectivity index is 2.39. The molecule has 1 rings (SSSR count). The van der Waals surface area contributed by atoms with Crippen LogP contribution >= 0.6 is 0 Å². The van der Waals surface area contributed by atoms with E-state index in [1.807, 2.05) is 6.92 Å². The second-order valence-corrected chi connectivity index (χ2v) is 3.87. The molecule has 0 nitrogen and oxygen atoms in total. The molecule has 0 radical (unpaired) electrons. The van der Waals surface area contributed by atoms with E-state index in [9.17, 15) is 0 Å². The van der Waals surface area contributed by atoms with Gasteiger partial charge in [0, 0.05) is 0 Å². The Morgan fingerprint density at radius 2 is 1.90 bits per heavy atom. The van der Waals surface area contributed by atoms with Crippen molar-refractivity contribution in [3.63, 3.8) is 0 Å². The first-order valence-electron chi connectivity index (χ1n) is 3.87. The minimum Gasteiger partial charge on any atom is -0.0959 e. The highest BCUT2D eigenvalue weighted by molar-refractivity contribution is 5.25. The van der Waals surface area contributed by atoms with Gasteiger partial charge in [-0.1, -0.05) is 31.2 Å². The lowest BCUT2D eigenvalue weighted by atomic mass is 9.96. The van der Waals surface area contributed by atoms with Crippen molar-refractivity contribution in [1.82, 2.24) is 0 Å². The molecule has 0 saturated heterocycles. The molecule has 10 heavy (non-hydrogen) atoms. The maximum absolute atomic E-state index is 3.98. The predicted octanol–water partition coefficient (Wildman–Crippen LogP) is 3.31. The molecule has 0 heteroatoms. The Labute approximate surface area is 63.6 Å². The lowest BCUT2D eigenvalue weighted by Gasteiger charge is -2.09. The summed E-state index contributed by atoms with van der Waals surface area (Å²) < 4.78 is 0. The molecule has 0 aromatic heterocycles. The van der Waals surface area contributed by atoms with Gasteiger partial charge >= 0.3 is 0 Å². The van der Waals surface area contributed by atoms with Gasteiger partial charge in [0.2, 0.25) is 0 Å². The maximum Gasteiger partial charge on any atom is -0.0228 e. The van der Waals surface area contributed by atoms with E-state index in [0.29, 0.717) is 5.41 Å². The number of allylic oxidation sites excluding steroid dienone is 2. The molecule has 0 aliphatic heterocycles. The van der Waals surface area contributed by atoms with Crippen LogP contribution in [0.5, 0.6) is 0 Å². The van der Waals surface area contributed by atoms with Crippen LogP contribution in [0.15, 0.2) is 24.3 Å². The lowest BCUT2D eigenvalue weighted by molar-refractivity contribution is 0.571. The maximum atomic E-state index is 3.98. The molecule has 1 aliphatic rings. The zero-order valence-corrected chi connectivity index (χ0v) is 7.04. The van der Waals surface area contributed by atoms with Gasteiger partial charge in [-0.05, 0) is 31.6 Å². The van der Waals surface area contributed by atoms with Gasteiger partial charge in [0.1, 0.15) is 0 Å². The van der Waals surface area contributed by atoms with Crippen LogP contribution in [0.3, 0.4) is 0 Å². The van der Waals surface area contributed by atoms with Crippen LogP contribution in [-0.2, 0) is 0 Å². The summed E-state index contributed by atoms with van der Waals surface area (Å²) >= 11 is 0. The summed E-state index contributed by atoms with van der Waals surface area (Å²) in [5.74, 6) is 0. The summed E-state index contributed by atoms with van der Waals surface area (Å²) in [7, 11) is 0. The molecule has 0 N–H and O–H groups in total. The highest BCUT2D eigenvalue weighted by Crippen LogP contribution is 2.50. The van der Waals surface area contributed by atoms with Crippen molar-refractivity contribution in [3.8, 4) is 0 Å². The summed E-state index contributed by atoms with van der Waals surface area (Å²) in [4.78, 5) is 0. The minimum absolute atomic E-state index is 0.593. The third-order valence-corrected chi connectivity index (χ3v) is 2.35. The van der Waals surface area contributed by atoms with E-state index in [2.05, 4.69) is 20.1 Å². The van der Waals surface area contributed by atoms with E-state index in [-0.39, 0.29) is 0 Å². The number of rotatable bonds is 3. The van der Waals surface area contributed by atoms with E-state index in [0.717, 1.165) is 12.0 Å². The predicted molar refractivity (Wildman–Crippen MR) is 45.9 cm³/mol. The van der Waals surface area contributed by atoms with Crippen molar-refractivity contribution in [2.45, 2.75) is 33.1 Å². The van der Waals surface area contributed by atoms with Crippen molar-refractivity contribution < 1.29 is 0 Å². The highest BCUT2D eigenvalue weighted by atomic mass is 14.4. The van der Waals surface area contributed by atoms with Crippen LogP contribution < -0.4 is 0 Å². The van der Waals surface area contributed by atoms with Gasteiger partial charge in [0.15, 0.2) is 0 Å². The molecule has 0 aromatic rings. The van der Waals surface area contributed by atoms with E-state index in [1.165, 1.54) is 18.4 Å². The quantitative estimate of drug-likeness (QED) is 0.522. The molecule has 0 bridgehead atoms. The van der Waals surface area contributed by atoms with Crippen LogP contribution in [0.25, 0.3) is 0 Å². The van der Waals surface area contributed by atoms with Gasteiger partial charge in [0.05, 0.1) is 0 Å². The number of hydrogen-bond acceptors (Lipinski definition) is 0. The van der Waals surface area contributed by atoms with Crippen LogP contribution in [0.4, 0.5) is 0 Å². The zero-order chi connectivity index (χ0) is 7.78. The van der Waals surface area contributed by atoms with Crippen LogP contribution in [0.1, 0.15) is 33.1 Å². The van der Waals surface area contributed by atoms with E-state index >= 15 is 0 Å². The fourth-order valence-corrected chi connectivity index (χ4v) is 1.06. The van der Waals surface area contributed by atoms with Gasteiger partial charge in [-0.3, -0.25) is 0 Å². The minimum atomic E-state index is 0.593. The fraction of sp³-hybridized carbons (Fsp3) is 0.600. The molecule has 0 amide bonds. The van der Waals surface area contributed by atoms with Gasteiger partial charge in [-0.15, -0.1) is 0 Å². The second-order valence-electron chi connectivity index (χ2n) is 3.87. The van der Waals surface area contributed by atoms with Crippen LogP contribution in [0, 0.1) is 5.41 Å². The van der Waals surface area contributed by atoms with Gasteiger partial charge in [-0.25, -0.2) is 0 Å². The Hall–Kier alpha value is -0.520. The molecule has 0 spiro atoms. The Morgan fingerprint density at radius 1 is 1.40 bits per heavy atom. The van der Waals surface area contributed by atoms with Gasteiger partial charge < -0.3 is 0 Å². The van der Waals surface area contributed by atoms with Crippen LogP contribution in [0.2, 0.25) is 0 Å². The average Bonchev–Trinajstić information content (AvgIpc) is 2.47. The first kappa shape index (κ1) is 7.59. The first-order valence-corrected chi connectivity index (χ1v) is 3.87. The molecule has 1 saturated carbocycles. The van der Waals surface area contributed by atoms with Crippen molar-refractivity contribution in [2.75, 3.05) is 0 Å². The molecule has 0 aromatic carbocycles. The largest absolute Gasteiger partial charge is 0.0959 e. The Bertz CT molecular complexity index is 170. The van der Waals surface area contributed by atoms with Crippen molar-refractivity contribution in [3.05, 3.63) is 24.3 Å². The molecule has 56 valence electrons. The molecular weight excluding hydrogens is 120 g/mol. The SMILES string of the molecule is C=C(C)C(=C)CC1(C)CC1. The summed E-state index contributed by atoms with van der Waals surface area (Å²) in [5.41, 5.74) is 2.98. The molecule has 1 fully saturated rings. The topological polar surface area (TPSA) is 0 Å². The van der Waals surface area contributed by atoms with E-state index in [4.69, 9.17) is 0 Å². The first-order chi connectivity index (χ1) is 4.53. The van der Waals surface area contributed by atoms with Crippen molar-refractivity contribution >= 4 is 0 Å². The fourth-order valence-electron chi connectivity index (χ4n) is 1.06. The van der Waals surface area contributed by atoms with Gasteiger partial charge in [-0.2, -0.15) is 0 Å². The van der Waals surface area contributed by atoms with Crippen LogP contribution in [-0.4, -0.2) is 0 Å². The summed E-state index contributed by atoms with van der Waals surface area (Å²) in [6.45, 7) is 12.2. The number of hydrogen-bond donors (Lipinski definition) is 0. The Morgan fingerprint density at radius 3 is 2.20 bits per heavy atom. The molecule has 0 heterocycles. The third-order valence-electron chi connectivity index (χ3n) is 2.35. The van der Waals surface area contributed by atoms with Crippen molar-refractivity contribution in [2.24, 2.45) is 5.41 Å². The van der Waals surface area contributed by atoms with E-state index < -0.39 is 0 Å². The smallest absolute Gasteiger partial charge is 0.0228 e. The van der Waals surface area contributed by atoms with Gasteiger partial charge in [0.25, 0.3) is 0 Å². The normalized spacial score (nSPS) is 20.2. The zero-order valence-electron chi connectivity index (χ0n) is 7.04. The lowest BCUT2D eigenvalue weighted by Crippen LogP contribution is -1.95. The molecular formula is C10H16. The van der Waals surface area contributed by atoms with Crippen molar-refractivity contribution in [1.29, 1.82) is 0 Å². The standard InChI is InChI=1S/C10H16/c1-8(2)9(3)7-10(4)5-6-10/h1,3,5-7H2,2,4H3. The second kappa shape index (κ2) is 2.26. The van der Waals surface area contributed by atoms with E-state index in [1.54, 1.807) is 0 Å². The monoisotopic (exact) mass is 136 g/mol. The Kier molecular flexibility index (Phi) is 1.72. The third kappa shape index (κ3) is 1.73. The summed E-state index contributed by atoms with van der Waals surface area (Å²) in [6, 6.07) is 0. The summed E-state index contributed by atoms with van der Waals surface area (Å²) in [6.07, 6.45) is 3.90. The molecule has 0 unspecified atom stereocenters. The highest BCUT2D eigenvalue weighted by Gasteiger charge is 2.37. The molecule has 1 aliphatic carbocycles. The molecule has 0 atom stereocenters. The average molecular weight is 136 g/mol.